The number of rotatable bonds is 5. The third-order valence-electron chi connectivity index (χ3n) is 5.55. The Labute approximate surface area is 193 Å². The SMILES string of the molecule is CN(C(=O)OC(C)(C)C)C1CCCCC1N(C)c1ncc(C#N)c(Nc2cncc(F)c2)n1. The van der Waals surface area contributed by atoms with Crippen molar-refractivity contribution >= 4 is 23.5 Å². The molecule has 10 heteroatoms. The van der Waals surface area contributed by atoms with E-state index < -0.39 is 11.4 Å². The summed E-state index contributed by atoms with van der Waals surface area (Å²) in [6, 6.07) is 3.20. The van der Waals surface area contributed by atoms with E-state index in [2.05, 4.69) is 26.3 Å². The molecule has 1 amide bonds. The molecule has 2 atom stereocenters. The van der Waals surface area contributed by atoms with Crippen molar-refractivity contribution in [3.8, 4) is 6.07 Å². The van der Waals surface area contributed by atoms with Gasteiger partial charge in [-0.15, -0.1) is 0 Å². The van der Waals surface area contributed by atoms with Crippen LogP contribution in [0.25, 0.3) is 0 Å². The highest BCUT2D eigenvalue weighted by Crippen LogP contribution is 2.30. The molecular formula is C23H30FN7O2. The molecule has 1 saturated carbocycles. The first kappa shape index (κ1) is 24.2. The average molecular weight is 456 g/mol. The van der Waals surface area contributed by atoms with Gasteiger partial charge >= 0.3 is 6.09 Å². The molecule has 2 unspecified atom stereocenters. The Balaban J connectivity index is 1.85. The zero-order valence-corrected chi connectivity index (χ0v) is 19.7. The van der Waals surface area contributed by atoms with Crippen LogP contribution in [0.1, 0.15) is 52.0 Å². The number of ether oxygens (including phenoxy) is 1. The minimum absolute atomic E-state index is 0.0344. The van der Waals surface area contributed by atoms with E-state index in [1.54, 1.807) is 11.9 Å². The lowest BCUT2D eigenvalue weighted by atomic mass is 9.88. The van der Waals surface area contributed by atoms with E-state index in [1.165, 1.54) is 18.5 Å². The topological polar surface area (TPSA) is 107 Å². The number of anilines is 3. The van der Waals surface area contributed by atoms with Crippen LogP contribution in [0.15, 0.2) is 24.7 Å². The van der Waals surface area contributed by atoms with E-state index in [4.69, 9.17) is 4.74 Å². The molecule has 2 aromatic rings. The molecule has 0 spiro atoms. The zero-order chi connectivity index (χ0) is 24.2. The van der Waals surface area contributed by atoms with Crippen molar-refractivity contribution in [3.05, 3.63) is 36.0 Å². The molecule has 3 rings (SSSR count). The lowest BCUT2D eigenvalue weighted by Crippen LogP contribution is -2.54. The van der Waals surface area contributed by atoms with Gasteiger partial charge in [-0.05, 0) is 33.6 Å². The van der Waals surface area contributed by atoms with E-state index in [-0.39, 0.29) is 29.6 Å². The van der Waals surface area contributed by atoms with E-state index >= 15 is 0 Å². The van der Waals surface area contributed by atoms with Crippen LogP contribution in [-0.4, -0.2) is 57.7 Å². The first-order valence-electron chi connectivity index (χ1n) is 10.9. The lowest BCUT2D eigenvalue weighted by molar-refractivity contribution is 0.0164. The molecular weight excluding hydrogens is 425 g/mol. The van der Waals surface area contributed by atoms with Crippen molar-refractivity contribution in [1.82, 2.24) is 19.9 Å². The molecule has 0 aliphatic heterocycles. The molecule has 0 aromatic carbocycles. The number of pyridine rings is 1. The Kier molecular flexibility index (Phi) is 7.31. The van der Waals surface area contributed by atoms with Gasteiger partial charge < -0.3 is 19.9 Å². The van der Waals surface area contributed by atoms with Crippen molar-refractivity contribution in [2.24, 2.45) is 0 Å². The van der Waals surface area contributed by atoms with E-state index in [1.807, 2.05) is 32.7 Å². The zero-order valence-electron chi connectivity index (χ0n) is 19.7. The number of carbonyl (C=O) groups is 1. The highest BCUT2D eigenvalue weighted by atomic mass is 19.1. The van der Waals surface area contributed by atoms with Crippen molar-refractivity contribution < 1.29 is 13.9 Å². The maximum absolute atomic E-state index is 13.5. The van der Waals surface area contributed by atoms with Crippen LogP contribution in [-0.2, 0) is 4.74 Å². The molecule has 1 aliphatic rings. The Hall–Kier alpha value is -3.48. The van der Waals surface area contributed by atoms with Crippen molar-refractivity contribution in [1.29, 1.82) is 5.26 Å². The Bertz CT molecular complexity index is 1030. The summed E-state index contributed by atoms with van der Waals surface area (Å²) in [4.78, 5) is 29.0. The number of nitrogens with zero attached hydrogens (tertiary/aromatic N) is 6. The summed E-state index contributed by atoms with van der Waals surface area (Å²) in [7, 11) is 3.63. The molecule has 1 fully saturated rings. The number of nitriles is 1. The number of nitrogens with one attached hydrogen (secondary N) is 1. The highest BCUT2D eigenvalue weighted by molar-refractivity contribution is 5.68. The van der Waals surface area contributed by atoms with Crippen LogP contribution in [0.2, 0.25) is 0 Å². The number of halogens is 1. The number of aromatic nitrogens is 3. The number of hydrogen-bond donors (Lipinski definition) is 1. The molecule has 33 heavy (non-hydrogen) atoms. The maximum Gasteiger partial charge on any atom is 0.410 e. The quantitative estimate of drug-likeness (QED) is 0.713. The number of amides is 1. The normalized spacial score (nSPS) is 18.2. The number of hydrogen-bond acceptors (Lipinski definition) is 8. The van der Waals surface area contributed by atoms with Gasteiger partial charge in [0.15, 0.2) is 5.82 Å². The molecule has 1 N–H and O–H groups in total. The van der Waals surface area contributed by atoms with Crippen LogP contribution in [0, 0.1) is 17.1 Å². The van der Waals surface area contributed by atoms with Crippen molar-refractivity contribution in [2.45, 2.75) is 64.1 Å². The summed E-state index contributed by atoms with van der Waals surface area (Å²) in [5.41, 5.74) is 0.0192. The standard InChI is InChI=1S/C23H30FN7O2/c1-23(2,3)33-22(32)31(5)19-9-7-6-8-18(19)30(4)21-27-12-15(11-25)20(29-21)28-17-10-16(24)13-26-14-17/h10,12-14,18-19H,6-9H2,1-5H3,(H,27,28,29). The van der Waals surface area contributed by atoms with Gasteiger partial charge in [-0.2, -0.15) is 10.2 Å². The van der Waals surface area contributed by atoms with Gasteiger partial charge in [-0.1, -0.05) is 12.8 Å². The van der Waals surface area contributed by atoms with E-state index in [9.17, 15) is 14.4 Å². The first-order valence-corrected chi connectivity index (χ1v) is 10.9. The first-order chi connectivity index (χ1) is 15.6. The van der Waals surface area contributed by atoms with Gasteiger partial charge in [0.2, 0.25) is 5.95 Å². The number of likely N-dealkylation sites (N-methyl/N-ethyl adjacent to an activating group) is 2. The Morgan fingerprint density at radius 3 is 2.55 bits per heavy atom. The molecule has 9 nitrogen and oxygen atoms in total. The second kappa shape index (κ2) is 9.98. The molecule has 0 saturated heterocycles. The third kappa shape index (κ3) is 6.06. The van der Waals surface area contributed by atoms with E-state index in [0.717, 1.165) is 31.9 Å². The van der Waals surface area contributed by atoms with Gasteiger partial charge in [0.1, 0.15) is 23.1 Å². The fraction of sp³-hybridized carbons (Fsp3) is 0.522. The summed E-state index contributed by atoms with van der Waals surface area (Å²) in [5.74, 6) is 0.157. The third-order valence-corrected chi connectivity index (χ3v) is 5.55. The summed E-state index contributed by atoms with van der Waals surface area (Å²) >= 11 is 0. The average Bonchev–Trinajstić information content (AvgIpc) is 2.77. The van der Waals surface area contributed by atoms with Gasteiger partial charge in [0.25, 0.3) is 0 Å². The minimum atomic E-state index is -0.579. The lowest BCUT2D eigenvalue weighted by Gasteiger charge is -2.42. The van der Waals surface area contributed by atoms with Gasteiger partial charge in [-0.3, -0.25) is 4.98 Å². The predicted octanol–water partition coefficient (Wildman–Crippen LogP) is 4.24. The van der Waals surface area contributed by atoms with Crippen LogP contribution in [0.5, 0.6) is 0 Å². The molecule has 176 valence electrons. The van der Waals surface area contributed by atoms with Crippen molar-refractivity contribution in [3.63, 3.8) is 0 Å². The van der Waals surface area contributed by atoms with Gasteiger partial charge in [-0.25, -0.2) is 14.2 Å². The fourth-order valence-corrected chi connectivity index (χ4v) is 3.95. The largest absolute Gasteiger partial charge is 0.444 e. The van der Waals surface area contributed by atoms with Gasteiger partial charge in [0, 0.05) is 20.2 Å². The molecule has 2 heterocycles. The molecule has 1 aliphatic carbocycles. The summed E-state index contributed by atoms with van der Waals surface area (Å²) in [6.07, 6.45) is 7.33. The van der Waals surface area contributed by atoms with Crippen LogP contribution in [0.3, 0.4) is 0 Å². The summed E-state index contributed by atoms with van der Waals surface area (Å²) in [6.45, 7) is 5.53. The molecule has 0 radical (unpaired) electrons. The number of carbonyl (C=O) groups excluding carboxylic acids is 1. The molecule has 0 bridgehead atoms. The van der Waals surface area contributed by atoms with Gasteiger partial charge in [0.05, 0.1) is 36.4 Å². The smallest absolute Gasteiger partial charge is 0.410 e. The van der Waals surface area contributed by atoms with Crippen LogP contribution < -0.4 is 10.2 Å². The second-order valence-electron chi connectivity index (χ2n) is 9.18. The highest BCUT2D eigenvalue weighted by Gasteiger charge is 2.36. The molecule has 2 aromatic heterocycles. The predicted molar refractivity (Wildman–Crippen MR) is 123 cm³/mol. The van der Waals surface area contributed by atoms with Crippen LogP contribution >= 0.6 is 0 Å². The summed E-state index contributed by atoms with van der Waals surface area (Å²) in [5, 5.41) is 12.4. The van der Waals surface area contributed by atoms with Crippen molar-refractivity contribution in [2.75, 3.05) is 24.3 Å². The second-order valence-corrected chi connectivity index (χ2v) is 9.18. The minimum Gasteiger partial charge on any atom is -0.444 e. The summed E-state index contributed by atoms with van der Waals surface area (Å²) < 4.78 is 19.1. The fourth-order valence-electron chi connectivity index (χ4n) is 3.95. The van der Waals surface area contributed by atoms with Crippen LogP contribution in [0.4, 0.5) is 26.6 Å². The van der Waals surface area contributed by atoms with E-state index in [0.29, 0.717) is 11.6 Å². The Morgan fingerprint density at radius 2 is 1.91 bits per heavy atom. The monoisotopic (exact) mass is 455 g/mol. The Morgan fingerprint density at radius 1 is 1.21 bits per heavy atom. The maximum atomic E-state index is 13.5.